The Morgan fingerprint density at radius 2 is 1.89 bits per heavy atom. The molecule has 0 atom stereocenters. The van der Waals surface area contributed by atoms with E-state index in [-0.39, 0.29) is 11.5 Å². The summed E-state index contributed by atoms with van der Waals surface area (Å²) in [7, 11) is 0. The number of ether oxygens (including phenoxy) is 1. The monoisotopic (exact) mass is 386 g/mol. The van der Waals surface area contributed by atoms with E-state index >= 15 is 0 Å². The average molecular weight is 387 g/mol. The average Bonchev–Trinajstić information content (AvgIpc) is 3.05. The van der Waals surface area contributed by atoms with Crippen molar-refractivity contribution in [1.29, 1.82) is 0 Å². The molecule has 4 aliphatic rings. The Labute approximate surface area is 163 Å². The van der Waals surface area contributed by atoms with Crippen molar-refractivity contribution < 1.29 is 13.9 Å². The van der Waals surface area contributed by atoms with E-state index in [4.69, 9.17) is 9.15 Å². The van der Waals surface area contributed by atoms with Gasteiger partial charge in [0.1, 0.15) is 5.52 Å². The highest BCUT2D eigenvalue weighted by Gasteiger charge is 2.51. The zero-order valence-corrected chi connectivity index (χ0v) is 16.3. The lowest BCUT2D eigenvalue weighted by atomic mass is 9.54. The molecule has 4 fully saturated rings. The highest BCUT2D eigenvalue weighted by Crippen LogP contribution is 2.57. The molecule has 0 saturated heterocycles. The number of para-hydroxylation sites is 2. The molecule has 1 aromatic carbocycles. The van der Waals surface area contributed by atoms with E-state index in [0.717, 1.165) is 28.9 Å². The van der Waals surface area contributed by atoms with Gasteiger partial charge in [-0.15, -0.1) is 0 Å². The smallest absolute Gasteiger partial charge is 0.257 e. The van der Waals surface area contributed by atoms with E-state index in [1.54, 1.807) is 0 Å². The second-order valence-electron chi connectivity index (χ2n) is 8.54. The number of benzene rings is 1. The fraction of sp³-hybridized carbons (Fsp3) is 0.619. The fourth-order valence-electron chi connectivity index (χ4n) is 5.76. The van der Waals surface area contributed by atoms with E-state index < -0.39 is 0 Å². The lowest BCUT2D eigenvalue weighted by molar-refractivity contribution is -0.161. The molecular formula is C21H26N2O3S. The van der Waals surface area contributed by atoms with Crippen LogP contribution in [-0.4, -0.2) is 35.4 Å². The van der Waals surface area contributed by atoms with Crippen molar-refractivity contribution in [2.75, 3.05) is 18.9 Å². The molecule has 144 valence electrons. The van der Waals surface area contributed by atoms with Crippen molar-refractivity contribution >= 4 is 28.8 Å². The number of rotatable bonds is 7. The van der Waals surface area contributed by atoms with Gasteiger partial charge in [0.15, 0.2) is 5.58 Å². The molecule has 5 nitrogen and oxygen atoms in total. The summed E-state index contributed by atoms with van der Waals surface area (Å²) in [6.45, 7) is 1.19. The number of fused-ring (bicyclic) bond motifs is 1. The fourth-order valence-corrected chi connectivity index (χ4v) is 6.43. The van der Waals surface area contributed by atoms with Gasteiger partial charge in [0.25, 0.3) is 5.22 Å². The van der Waals surface area contributed by atoms with Gasteiger partial charge in [-0.3, -0.25) is 4.79 Å². The molecule has 1 aromatic heterocycles. The Hall–Kier alpha value is -1.53. The SMILES string of the molecule is O=C(CSc1nc2ccccc2o1)NCCOC12CC3CC(CC(C3)C1)C2. The van der Waals surface area contributed by atoms with Gasteiger partial charge < -0.3 is 14.5 Å². The van der Waals surface area contributed by atoms with E-state index in [0.29, 0.717) is 24.1 Å². The van der Waals surface area contributed by atoms with Crippen LogP contribution in [0.15, 0.2) is 33.9 Å². The van der Waals surface area contributed by atoms with Crippen molar-refractivity contribution in [2.24, 2.45) is 17.8 Å². The number of thioether (sulfide) groups is 1. The van der Waals surface area contributed by atoms with Crippen LogP contribution in [0.2, 0.25) is 0 Å². The number of nitrogens with one attached hydrogen (secondary N) is 1. The molecule has 2 aromatic rings. The largest absolute Gasteiger partial charge is 0.431 e. The van der Waals surface area contributed by atoms with Crippen LogP contribution in [0, 0.1) is 17.8 Å². The van der Waals surface area contributed by atoms with Crippen LogP contribution in [0.5, 0.6) is 0 Å². The van der Waals surface area contributed by atoms with Crippen molar-refractivity contribution in [3.63, 3.8) is 0 Å². The second-order valence-corrected chi connectivity index (χ2v) is 9.46. The zero-order valence-electron chi connectivity index (χ0n) is 15.5. The summed E-state index contributed by atoms with van der Waals surface area (Å²) in [5.41, 5.74) is 1.70. The molecule has 1 heterocycles. The maximum Gasteiger partial charge on any atom is 0.257 e. The van der Waals surface area contributed by atoms with Crippen LogP contribution in [0.3, 0.4) is 0 Å². The summed E-state index contributed by atoms with van der Waals surface area (Å²) >= 11 is 1.33. The Morgan fingerprint density at radius 1 is 1.19 bits per heavy atom. The summed E-state index contributed by atoms with van der Waals surface area (Å²) in [6, 6.07) is 7.63. The molecule has 4 saturated carbocycles. The standard InChI is InChI=1S/C21H26N2O3S/c24-19(13-27-20-23-17-3-1-2-4-18(17)26-20)22-5-6-25-21-10-14-7-15(11-21)9-16(8-14)12-21/h1-4,14-16H,5-13H2,(H,22,24). The molecule has 1 N–H and O–H groups in total. The maximum atomic E-state index is 12.1. The predicted molar refractivity (Wildman–Crippen MR) is 105 cm³/mol. The quantitative estimate of drug-likeness (QED) is 0.575. The first-order valence-electron chi connectivity index (χ1n) is 10.1. The summed E-state index contributed by atoms with van der Waals surface area (Å²) in [5, 5.41) is 3.50. The molecule has 0 aliphatic heterocycles. The summed E-state index contributed by atoms with van der Waals surface area (Å²) in [5.74, 6) is 2.97. The lowest BCUT2D eigenvalue weighted by Gasteiger charge is -2.56. The number of nitrogens with zero attached hydrogens (tertiary/aromatic N) is 1. The van der Waals surface area contributed by atoms with Crippen LogP contribution < -0.4 is 5.32 Å². The molecule has 0 spiro atoms. The van der Waals surface area contributed by atoms with E-state index in [1.165, 1.54) is 50.3 Å². The number of aromatic nitrogens is 1. The predicted octanol–water partition coefficient (Wildman–Crippen LogP) is 4.02. The molecule has 0 unspecified atom stereocenters. The van der Waals surface area contributed by atoms with Crippen LogP contribution in [-0.2, 0) is 9.53 Å². The van der Waals surface area contributed by atoms with Crippen LogP contribution in [0.25, 0.3) is 11.1 Å². The number of hydrogen-bond acceptors (Lipinski definition) is 5. The number of carbonyl (C=O) groups is 1. The van der Waals surface area contributed by atoms with Crippen LogP contribution in [0.4, 0.5) is 0 Å². The maximum absolute atomic E-state index is 12.1. The first-order valence-corrected chi connectivity index (χ1v) is 11.1. The highest BCUT2D eigenvalue weighted by atomic mass is 32.2. The molecule has 4 bridgehead atoms. The Morgan fingerprint density at radius 3 is 2.59 bits per heavy atom. The summed E-state index contributed by atoms with van der Waals surface area (Å²) in [4.78, 5) is 16.5. The number of carbonyl (C=O) groups excluding carboxylic acids is 1. The van der Waals surface area contributed by atoms with Gasteiger partial charge in [-0.25, -0.2) is 4.98 Å². The van der Waals surface area contributed by atoms with Crippen LogP contribution in [0.1, 0.15) is 38.5 Å². The van der Waals surface area contributed by atoms with Gasteiger partial charge in [0.05, 0.1) is 18.0 Å². The molecular weight excluding hydrogens is 360 g/mol. The summed E-state index contributed by atoms with van der Waals surface area (Å²) in [6.07, 6.45) is 7.98. The molecule has 0 radical (unpaired) electrons. The molecule has 4 aliphatic carbocycles. The minimum atomic E-state index is -0.00336. The Balaban J connectivity index is 1.05. The van der Waals surface area contributed by atoms with Gasteiger partial charge in [-0.1, -0.05) is 23.9 Å². The topological polar surface area (TPSA) is 64.4 Å². The van der Waals surface area contributed by atoms with Crippen molar-refractivity contribution in [3.05, 3.63) is 24.3 Å². The molecule has 27 heavy (non-hydrogen) atoms. The second kappa shape index (κ2) is 7.13. The number of amides is 1. The number of oxazole rings is 1. The lowest BCUT2D eigenvalue weighted by Crippen LogP contribution is -2.52. The number of hydrogen-bond donors (Lipinski definition) is 1. The molecule has 6 heteroatoms. The van der Waals surface area contributed by atoms with Crippen molar-refractivity contribution in [1.82, 2.24) is 10.3 Å². The van der Waals surface area contributed by atoms with E-state index in [1.807, 2.05) is 24.3 Å². The minimum Gasteiger partial charge on any atom is -0.431 e. The van der Waals surface area contributed by atoms with Gasteiger partial charge in [-0.2, -0.15) is 0 Å². The minimum absolute atomic E-state index is 0.00336. The third-order valence-corrected chi connectivity index (χ3v) is 7.24. The first kappa shape index (κ1) is 17.6. The van der Waals surface area contributed by atoms with Crippen LogP contribution >= 0.6 is 11.8 Å². The highest BCUT2D eigenvalue weighted by molar-refractivity contribution is 7.99. The first-order chi connectivity index (χ1) is 13.2. The van der Waals surface area contributed by atoms with Gasteiger partial charge in [0.2, 0.25) is 5.91 Å². The zero-order chi connectivity index (χ0) is 18.3. The van der Waals surface area contributed by atoms with Crippen molar-refractivity contribution in [2.45, 2.75) is 49.3 Å². The third-order valence-electron chi connectivity index (χ3n) is 6.42. The summed E-state index contributed by atoms with van der Waals surface area (Å²) < 4.78 is 12.0. The van der Waals surface area contributed by atoms with E-state index in [9.17, 15) is 4.79 Å². The van der Waals surface area contributed by atoms with Gasteiger partial charge in [-0.05, 0) is 68.4 Å². The van der Waals surface area contributed by atoms with Crippen molar-refractivity contribution in [3.8, 4) is 0 Å². The molecule has 6 rings (SSSR count). The Bertz CT molecular complexity index is 765. The normalized spacial score (nSPS) is 31.5. The molecule has 1 amide bonds. The van der Waals surface area contributed by atoms with Gasteiger partial charge in [0, 0.05) is 6.54 Å². The van der Waals surface area contributed by atoms with E-state index in [2.05, 4.69) is 10.3 Å². The Kier molecular flexibility index (Phi) is 4.64. The third kappa shape index (κ3) is 3.74. The van der Waals surface area contributed by atoms with Gasteiger partial charge >= 0.3 is 0 Å².